The number of aliphatic hydroxyl groups excluding tert-OH is 2. The third-order valence-electron chi connectivity index (χ3n) is 3.45. The summed E-state index contributed by atoms with van der Waals surface area (Å²) in [5.74, 6) is -0.271. The smallest absolute Gasteiger partial charge is 0.223 e. The van der Waals surface area contributed by atoms with Crippen LogP contribution >= 0.6 is 0 Å². The maximum atomic E-state index is 11.8. The van der Waals surface area contributed by atoms with Gasteiger partial charge in [0.25, 0.3) is 0 Å². The lowest BCUT2D eigenvalue weighted by atomic mass is 10.2. The van der Waals surface area contributed by atoms with Gasteiger partial charge in [-0.25, -0.2) is 0 Å². The van der Waals surface area contributed by atoms with Crippen LogP contribution in [0.25, 0.3) is 0 Å². The van der Waals surface area contributed by atoms with Crippen LogP contribution < -0.4 is 5.43 Å². The Kier molecular flexibility index (Phi) is 6.70. The molecule has 0 amide bonds. The first-order valence-corrected chi connectivity index (χ1v) is 6.97. The standard InChI is InChI=1S/C14H24N2O4/c1-3-15(4-2)9-12-14(20)13(19)8-11(10-18)16(12)6-5-7-17/h8,17-18,20H,3-7,9-10H2,1-2H3. The second kappa shape index (κ2) is 8.04. The van der Waals surface area contributed by atoms with E-state index in [1.165, 1.54) is 6.07 Å². The molecule has 20 heavy (non-hydrogen) atoms. The van der Waals surface area contributed by atoms with E-state index in [2.05, 4.69) is 4.90 Å². The largest absolute Gasteiger partial charge is 0.503 e. The zero-order valence-electron chi connectivity index (χ0n) is 12.2. The Balaban J connectivity index is 3.27. The molecule has 0 aromatic carbocycles. The van der Waals surface area contributed by atoms with Gasteiger partial charge < -0.3 is 19.9 Å². The summed E-state index contributed by atoms with van der Waals surface area (Å²) in [6, 6.07) is 1.25. The first-order valence-electron chi connectivity index (χ1n) is 6.97. The fourth-order valence-corrected chi connectivity index (χ4v) is 2.20. The van der Waals surface area contributed by atoms with Crippen LogP contribution in [0.1, 0.15) is 31.7 Å². The lowest BCUT2D eigenvalue weighted by Gasteiger charge is -2.24. The predicted octanol–water partition coefficient (Wildman–Crippen LogP) is 0.270. The van der Waals surface area contributed by atoms with Crippen LogP contribution in [0.3, 0.4) is 0 Å². The van der Waals surface area contributed by atoms with E-state index >= 15 is 0 Å². The second-order valence-corrected chi connectivity index (χ2v) is 4.64. The van der Waals surface area contributed by atoms with Crippen LogP contribution in [0.4, 0.5) is 0 Å². The quantitative estimate of drug-likeness (QED) is 0.638. The molecule has 0 spiro atoms. The Bertz CT molecular complexity index is 481. The summed E-state index contributed by atoms with van der Waals surface area (Å²) < 4.78 is 1.73. The van der Waals surface area contributed by atoms with Crippen molar-refractivity contribution in [1.29, 1.82) is 0 Å². The normalized spacial score (nSPS) is 11.2. The number of nitrogens with zero attached hydrogens (tertiary/aromatic N) is 2. The van der Waals surface area contributed by atoms with Crippen molar-refractivity contribution < 1.29 is 15.3 Å². The third kappa shape index (κ3) is 3.82. The lowest BCUT2D eigenvalue weighted by molar-refractivity contribution is 0.244. The van der Waals surface area contributed by atoms with E-state index in [0.29, 0.717) is 30.9 Å². The monoisotopic (exact) mass is 284 g/mol. The van der Waals surface area contributed by atoms with Gasteiger partial charge in [0.1, 0.15) is 0 Å². The van der Waals surface area contributed by atoms with Gasteiger partial charge in [-0.15, -0.1) is 0 Å². The van der Waals surface area contributed by atoms with E-state index in [4.69, 9.17) is 5.11 Å². The summed E-state index contributed by atoms with van der Waals surface area (Å²) in [7, 11) is 0. The Labute approximate surface area is 118 Å². The van der Waals surface area contributed by atoms with E-state index in [0.717, 1.165) is 13.1 Å². The zero-order chi connectivity index (χ0) is 15.1. The molecule has 0 aliphatic heterocycles. The van der Waals surface area contributed by atoms with Crippen molar-refractivity contribution in [3.8, 4) is 5.75 Å². The summed E-state index contributed by atoms with van der Waals surface area (Å²) >= 11 is 0. The Morgan fingerprint density at radius 3 is 2.40 bits per heavy atom. The van der Waals surface area contributed by atoms with E-state index < -0.39 is 5.43 Å². The molecule has 0 atom stereocenters. The molecule has 3 N–H and O–H groups in total. The van der Waals surface area contributed by atoms with Gasteiger partial charge in [0.15, 0.2) is 5.75 Å². The van der Waals surface area contributed by atoms with E-state index in [1.54, 1.807) is 4.57 Å². The number of aromatic nitrogens is 1. The first-order chi connectivity index (χ1) is 9.58. The molecule has 1 heterocycles. The molecule has 0 saturated carbocycles. The van der Waals surface area contributed by atoms with E-state index in [9.17, 15) is 15.0 Å². The Hall–Kier alpha value is -1.37. The van der Waals surface area contributed by atoms with E-state index in [-0.39, 0.29) is 19.0 Å². The van der Waals surface area contributed by atoms with Crippen molar-refractivity contribution in [3.05, 3.63) is 27.7 Å². The maximum absolute atomic E-state index is 11.8. The molecule has 6 nitrogen and oxygen atoms in total. The number of aromatic hydroxyl groups is 1. The topological polar surface area (TPSA) is 85.9 Å². The average Bonchev–Trinajstić information content (AvgIpc) is 2.47. The number of hydrogen-bond acceptors (Lipinski definition) is 5. The molecular weight excluding hydrogens is 260 g/mol. The Morgan fingerprint density at radius 1 is 1.25 bits per heavy atom. The molecule has 0 aliphatic rings. The number of aliphatic hydroxyl groups is 2. The molecular formula is C14H24N2O4. The molecule has 0 fully saturated rings. The summed E-state index contributed by atoms with van der Waals surface area (Å²) in [6.07, 6.45) is 0.501. The van der Waals surface area contributed by atoms with Crippen LogP contribution in [0.2, 0.25) is 0 Å². The highest BCUT2D eigenvalue weighted by molar-refractivity contribution is 5.30. The highest BCUT2D eigenvalue weighted by atomic mass is 16.3. The summed E-state index contributed by atoms with van der Waals surface area (Å²) in [6.45, 7) is 6.25. The summed E-state index contributed by atoms with van der Waals surface area (Å²) in [4.78, 5) is 13.8. The van der Waals surface area contributed by atoms with Gasteiger partial charge in [0.2, 0.25) is 5.43 Å². The number of pyridine rings is 1. The SMILES string of the molecule is CCN(CC)Cc1c(O)c(=O)cc(CO)n1CCCO. The van der Waals surface area contributed by atoms with Gasteiger partial charge in [-0.05, 0) is 19.5 Å². The minimum Gasteiger partial charge on any atom is -0.503 e. The average molecular weight is 284 g/mol. The van der Waals surface area contributed by atoms with Gasteiger partial charge in [0, 0.05) is 31.5 Å². The number of rotatable bonds is 8. The predicted molar refractivity (Wildman–Crippen MR) is 76.6 cm³/mol. The van der Waals surface area contributed by atoms with Crippen LogP contribution in [0.15, 0.2) is 10.9 Å². The van der Waals surface area contributed by atoms with Gasteiger partial charge in [-0.3, -0.25) is 9.69 Å². The van der Waals surface area contributed by atoms with Gasteiger partial charge >= 0.3 is 0 Å². The van der Waals surface area contributed by atoms with Crippen molar-refractivity contribution in [3.63, 3.8) is 0 Å². The van der Waals surface area contributed by atoms with Crippen LogP contribution in [-0.2, 0) is 19.7 Å². The molecule has 1 aromatic heterocycles. The van der Waals surface area contributed by atoms with Crippen molar-refractivity contribution in [2.45, 2.75) is 40.0 Å². The van der Waals surface area contributed by atoms with Crippen LogP contribution in [0.5, 0.6) is 5.75 Å². The minimum atomic E-state index is -0.476. The third-order valence-corrected chi connectivity index (χ3v) is 3.45. The molecule has 1 aromatic rings. The van der Waals surface area contributed by atoms with E-state index in [1.807, 2.05) is 13.8 Å². The van der Waals surface area contributed by atoms with Crippen LogP contribution in [-0.4, -0.2) is 44.5 Å². The molecule has 0 saturated heterocycles. The molecule has 0 bridgehead atoms. The summed E-state index contributed by atoms with van der Waals surface area (Å²) in [5, 5.41) is 28.4. The summed E-state index contributed by atoms with van der Waals surface area (Å²) in [5.41, 5.74) is 0.485. The highest BCUT2D eigenvalue weighted by Gasteiger charge is 2.16. The van der Waals surface area contributed by atoms with Gasteiger partial charge in [-0.2, -0.15) is 0 Å². The van der Waals surface area contributed by atoms with Gasteiger partial charge in [0.05, 0.1) is 12.3 Å². The van der Waals surface area contributed by atoms with Crippen molar-refractivity contribution in [2.24, 2.45) is 0 Å². The number of hydrogen-bond donors (Lipinski definition) is 3. The fraction of sp³-hybridized carbons (Fsp3) is 0.643. The molecule has 6 heteroatoms. The highest BCUT2D eigenvalue weighted by Crippen LogP contribution is 2.18. The first kappa shape index (κ1) is 16.7. The maximum Gasteiger partial charge on any atom is 0.223 e. The fourth-order valence-electron chi connectivity index (χ4n) is 2.20. The minimum absolute atomic E-state index is 0.0163. The molecule has 0 radical (unpaired) electrons. The van der Waals surface area contributed by atoms with Crippen LogP contribution in [0, 0.1) is 0 Å². The zero-order valence-corrected chi connectivity index (χ0v) is 12.2. The molecule has 0 aliphatic carbocycles. The Morgan fingerprint density at radius 2 is 1.90 bits per heavy atom. The van der Waals surface area contributed by atoms with Crippen molar-refractivity contribution in [2.75, 3.05) is 19.7 Å². The molecule has 1 rings (SSSR count). The van der Waals surface area contributed by atoms with Crippen molar-refractivity contribution in [1.82, 2.24) is 9.47 Å². The molecule has 114 valence electrons. The van der Waals surface area contributed by atoms with Gasteiger partial charge in [-0.1, -0.05) is 13.8 Å². The second-order valence-electron chi connectivity index (χ2n) is 4.64. The molecule has 0 unspecified atom stereocenters. The van der Waals surface area contributed by atoms with Crippen molar-refractivity contribution >= 4 is 0 Å². The lowest BCUT2D eigenvalue weighted by Crippen LogP contribution is -2.27.